The number of phenols is 6. The number of aromatic hydroxyl groups is 6. The standard InChI is InChI=1S/C16H14O10.C4H8O/c17-9-5-13(21)11(19)3-7(9)15(23)25-1-2-26-16(24)8-4-12(20)14(22)6-10(8)18;1-2-4-5-3-1/h3-6,17-22H,1-2H2;1-4H2. The van der Waals surface area contributed by atoms with Crippen molar-refractivity contribution in [3.63, 3.8) is 0 Å². The number of hydrogen-bond donors (Lipinski definition) is 6. The van der Waals surface area contributed by atoms with Crippen LogP contribution in [0.3, 0.4) is 0 Å². The molecule has 0 saturated carbocycles. The molecule has 0 spiro atoms. The molecule has 0 aromatic heterocycles. The number of carbonyl (C=O) groups excluding carboxylic acids is 2. The molecule has 11 heteroatoms. The Morgan fingerprint density at radius 3 is 1.32 bits per heavy atom. The number of benzene rings is 2. The van der Waals surface area contributed by atoms with Crippen molar-refractivity contribution in [2.75, 3.05) is 26.4 Å². The molecule has 0 bridgehead atoms. The van der Waals surface area contributed by atoms with Gasteiger partial charge in [0.1, 0.15) is 35.8 Å². The van der Waals surface area contributed by atoms with Crippen LogP contribution in [0.25, 0.3) is 0 Å². The van der Waals surface area contributed by atoms with Crippen molar-refractivity contribution >= 4 is 11.9 Å². The first-order valence-electron chi connectivity index (χ1n) is 9.12. The summed E-state index contributed by atoms with van der Waals surface area (Å²) in [5.74, 6) is -5.83. The Bertz CT molecular complexity index is 856. The highest BCUT2D eigenvalue weighted by Gasteiger charge is 2.18. The first-order chi connectivity index (χ1) is 14.7. The van der Waals surface area contributed by atoms with E-state index in [1.54, 1.807) is 0 Å². The fourth-order valence-corrected chi connectivity index (χ4v) is 2.39. The maximum absolute atomic E-state index is 11.8. The second kappa shape index (κ2) is 10.8. The van der Waals surface area contributed by atoms with Gasteiger partial charge in [-0.05, 0) is 12.8 Å². The van der Waals surface area contributed by atoms with Gasteiger partial charge in [0.05, 0.1) is 0 Å². The number of hydrogen-bond acceptors (Lipinski definition) is 11. The van der Waals surface area contributed by atoms with Gasteiger partial charge in [0.25, 0.3) is 0 Å². The molecule has 1 fully saturated rings. The average molecular weight is 438 g/mol. The summed E-state index contributed by atoms with van der Waals surface area (Å²) in [6, 6.07) is 3.12. The van der Waals surface area contributed by atoms with Crippen molar-refractivity contribution in [1.29, 1.82) is 0 Å². The van der Waals surface area contributed by atoms with Gasteiger partial charge in [-0.25, -0.2) is 9.59 Å². The molecular formula is C20H22O11. The van der Waals surface area contributed by atoms with Gasteiger partial charge in [-0.15, -0.1) is 0 Å². The molecule has 3 rings (SSSR count). The lowest BCUT2D eigenvalue weighted by Gasteiger charge is -2.09. The van der Waals surface area contributed by atoms with Crippen LogP contribution in [-0.4, -0.2) is 69.0 Å². The maximum Gasteiger partial charge on any atom is 0.342 e. The predicted molar refractivity (Wildman–Crippen MR) is 103 cm³/mol. The zero-order valence-electron chi connectivity index (χ0n) is 16.3. The number of esters is 2. The van der Waals surface area contributed by atoms with Crippen molar-refractivity contribution in [1.82, 2.24) is 0 Å². The molecule has 1 aliphatic heterocycles. The van der Waals surface area contributed by atoms with Crippen LogP contribution in [0.4, 0.5) is 0 Å². The van der Waals surface area contributed by atoms with E-state index >= 15 is 0 Å². The third kappa shape index (κ3) is 6.57. The predicted octanol–water partition coefficient (Wildman–Crippen LogP) is 1.73. The van der Waals surface area contributed by atoms with Gasteiger partial charge in [0.15, 0.2) is 23.0 Å². The molecule has 0 atom stereocenters. The Hall–Kier alpha value is -3.86. The fraction of sp³-hybridized carbons (Fsp3) is 0.300. The van der Waals surface area contributed by atoms with Crippen molar-refractivity contribution < 1.29 is 54.4 Å². The van der Waals surface area contributed by atoms with Gasteiger partial charge in [0, 0.05) is 37.5 Å². The van der Waals surface area contributed by atoms with Gasteiger partial charge in [-0.3, -0.25) is 0 Å². The van der Waals surface area contributed by atoms with Crippen molar-refractivity contribution in [2.24, 2.45) is 0 Å². The third-order valence-corrected chi connectivity index (χ3v) is 4.00. The average Bonchev–Trinajstić information content (AvgIpc) is 3.30. The Morgan fingerprint density at radius 1 is 0.645 bits per heavy atom. The smallest absolute Gasteiger partial charge is 0.342 e. The van der Waals surface area contributed by atoms with E-state index in [1.807, 2.05) is 0 Å². The fourth-order valence-electron chi connectivity index (χ4n) is 2.39. The molecule has 0 radical (unpaired) electrons. The lowest BCUT2D eigenvalue weighted by atomic mass is 10.2. The summed E-state index contributed by atoms with van der Waals surface area (Å²) in [5, 5.41) is 56.0. The quantitative estimate of drug-likeness (QED) is 0.173. The number of carbonyl (C=O) groups is 2. The molecule has 168 valence electrons. The topological polar surface area (TPSA) is 183 Å². The van der Waals surface area contributed by atoms with E-state index in [-0.39, 0.29) is 0 Å². The molecule has 1 saturated heterocycles. The SMILES string of the molecule is C1CCOC1.O=C(OCCOC(=O)c1cc(O)c(O)cc1O)c1cc(O)c(O)cc1O. The Balaban J connectivity index is 0.000000597. The zero-order chi connectivity index (χ0) is 23.0. The largest absolute Gasteiger partial charge is 0.507 e. The van der Waals surface area contributed by atoms with Gasteiger partial charge < -0.3 is 44.8 Å². The maximum atomic E-state index is 11.8. The minimum absolute atomic E-state index is 0.410. The van der Waals surface area contributed by atoms with E-state index in [0.717, 1.165) is 37.5 Å². The third-order valence-electron chi connectivity index (χ3n) is 4.00. The van der Waals surface area contributed by atoms with Gasteiger partial charge in [0.2, 0.25) is 0 Å². The molecule has 6 N–H and O–H groups in total. The summed E-state index contributed by atoms with van der Waals surface area (Å²) in [7, 11) is 0. The van der Waals surface area contributed by atoms with Crippen LogP contribution < -0.4 is 0 Å². The molecule has 2 aromatic rings. The first-order valence-corrected chi connectivity index (χ1v) is 9.12. The Labute approximate surface area is 176 Å². The molecule has 31 heavy (non-hydrogen) atoms. The molecule has 1 heterocycles. The van der Waals surface area contributed by atoms with Crippen LogP contribution in [0.2, 0.25) is 0 Å². The van der Waals surface area contributed by atoms with Gasteiger partial charge >= 0.3 is 11.9 Å². The molecule has 0 aliphatic carbocycles. The van der Waals surface area contributed by atoms with E-state index in [2.05, 4.69) is 0 Å². The van der Waals surface area contributed by atoms with E-state index in [0.29, 0.717) is 0 Å². The number of phenolic OH excluding ortho intramolecular Hbond substituents is 6. The van der Waals surface area contributed by atoms with E-state index in [1.165, 1.54) is 12.8 Å². The minimum atomic E-state index is -1.04. The molecule has 0 unspecified atom stereocenters. The summed E-state index contributed by atoms with van der Waals surface area (Å²) >= 11 is 0. The lowest BCUT2D eigenvalue weighted by Crippen LogP contribution is -2.14. The number of ether oxygens (including phenoxy) is 3. The lowest BCUT2D eigenvalue weighted by molar-refractivity contribution is 0.0261. The van der Waals surface area contributed by atoms with Gasteiger partial charge in [-0.1, -0.05) is 0 Å². The summed E-state index contributed by atoms with van der Waals surface area (Å²) in [6.45, 7) is 1.16. The minimum Gasteiger partial charge on any atom is -0.507 e. The van der Waals surface area contributed by atoms with Crippen LogP contribution in [0.1, 0.15) is 33.6 Å². The zero-order valence-corrected chi connectivity index (χ0v) is 16.3. The Kier molecular flexibility index (Phi) is 8.15. The van der Waals surface area contributed by atoms with Crippen LogP contribution in [0.5, 0.6) is 34.5 Å². The van der Waals surface area contributed by atoms with Crippen molar-refractivity contribution in [2.45, 2.75) is 12.8 Å². The highest BCUT2D eigenvalue weighted by Crippen LogP contribution is 2.33. The highest BCUT2D eigenvalue weighted by molar-refractivity contribution is 5.94. The van der Waals surface area contributed by atoms with E-state index < -0.39 is 70.8 Å². The Morgan fingerprint density at radius 2 is 1.00 bits per heavy atom. The molecule has 1 aliphatic rings. The second-order valence-electron chi connectivity index (χ2n) is 6.31. The highest BCUT2D eigenvalue weighted by atomic mass is 16.6. The first kappa shape index (κ1) is 23.4. The van der Waals surface area contributed by atoms with Gasteiger partial charge in [-0.2, -0.15) is 0 Å². The molecule has 0 amide bonds. The van der Waals surface area contributed by atoms with Crippen molar-refractivity contribution in [3.05, 3.63) is 35.4 Å². The van der Waals surface area contributed by atoms with Crippen LogP contribution in [0.15, 0.2) is 24.3 Å². The summed E-state index contributed by atoms with van der Waals surface area (Å²) < 4.78 is 14.4. The normalized spacial score (nSPS) is 12.5. The molecule has 2 aromatic carbocycles. The van der Waals surface area contributed by atoms with Crippen LogP contribution in [-0.2, 0) is 14.2 Å². The van der Waals surface area contributed by atoms with Crippen molar-refractivity contribution in [3.8, 4) is 34.5 Å². The summed E-state index contributed by atoms with van der Waals surface area (Å²) in [5.41, 5.74) is -0.819. The second-order valence-corrected chi connectivity index (χ2v) is 6.31. The van der Waals surface area contributed by atoms with E-state index in [4.69, 9.17) is 14.2 Å². The van der Waals surface area contributed by atoms with Crippen LogP contribution in [0, 0.1) is 0 Å². The van der Waals surface area contributed by atoms with E-state index in [9.17, 15) is 40.2 Å². The number of rotatable bonds is 5. The monoisotopic (exact) mass is 438 g/mol. The van der Waals surface area contributed by atoms with Crippen LogP contribution >= 0.6 is 0 Å². The molecule has 11 nitrogen and oxygen atoms in total. The summed E-state index contributed by atoms with van der Waals surface area (Å²) in [4.78, 5) is 23.5. The summed E-state index contributed by atoms with van der Waals surface area (Å²) in [6.07, 6.45) is 2.56. The molecular weight excluding hydrogens is 416 g/mol.